The minimum atomic E-state index is -0.767. The largest absolute Gasteiger partial charge is 0.507 e. The van der Waals surface area contributed by atoms with Crippen LogP contribution in [0.3, 0.4) is 0 Å². The number of amides is 1. The van der Waals surface area contributed by atoms with Gasteiger partial charge in [-0.05, 0) is 56.4 Å². The predicted octanol–water partition coefficient (Wildman–Crippen LogP) is 3.36. The van der Waals surface area contributed by atoms with E-state index in [1.807, 2.05) is 0 Å². The second-order valence-corrected chi connectivity index (χ2v) is 7.20. The third kappa shape index (κ3) is 4.11. The Morgan fingerprint density at radius 3 is 2.33 bits per heavy atom. The second-order valence-electron chi connectivity index (χ2n) is 7.20. The van der Waals surface area contributed by atoms with Gasteiger partial charge in [-0.15, -0.1) is 0 Å². The summed E-state index contributed by atoms with van der Waals surface area (Å²) < 4.78 is 10.9. The molecule has 1 aliphatic rings. The van der Waals surface area contributed by atoms with E-state index in [2.05, 4.69) is 18.7 Å². The van der Waals surface area contributed by atoms with Crippen molar-refractivity contribution in [1.29, 1.82) is 0 Å². The Morgan fingerprint density at radius 1 is 1.13 bits per heavy atom. The van der Waals surface area contributed by atoms with Crippen LogP contribution in [-0.4, -0.2) is 59.9 Å². The average Bonchev–Trinajstić information content (AvgIpc) is 3.30. The van der Waals surface area contributed by atoms with Crippen molar-refractivity contribution in [1.82, 2.24) is 9.80 Å². The summed E-state index contributed by atoms with van der Waals surface area (Å²) in [7, 11) is 1.55. The van der Waals surface area contributed by atoms with E-state index >= 15 is 0 Å². The molecule has 30 heavy (non-hydrogen) atoms. The first-order valence-corrected chi connectivity index (χ1v) is 10.1. The number of nitrogens with zero attached hydrogens (tertiary/aromatic N) is 2. The number of ketones is 1. The maximum absolute atomic E-state index is 12.9. The molecule has 0 radical (unpaired) electrons. The van der Waals surface area contributed by atoms with Crippen LogP contribution >= 0.6 is 0 Å². The lowest BCUT2D eigenvalue weighted by atomic mass is 9.99. The summed E-state index contributed by atoms with van der Waals surface area (Å²) >= 11 is 0. The molecule has 1 atom stereocenters. The molecule has 1 fully saturated rings. The molecule has 0 spiro atoms. The van der Waals surface area contributed by atoms with Crippen LogP contribution in [0, 0.1) is 6.92 Å². The van der Waals surface area contributed by atoms with Crippen molar-refractivity contribution in [2.24, 2.45) is 0 Å². The SMILES string of the molecule is CCN(CC)CCN1C(=O)C(=O)C(=C(O)c2ccc(OC)cc2)[C@@H]1c1ccc(C)o1. The molecular formula is C23H28N2O5. The summed E-state index contributed by atoms with van der Waals surface area (Å²) in [4.78, 5) is 29.5. The number of Topliss-reactive ketones (excluding diaryl/α,β-unsaturated/α-hetero) is 1. The highest BCUT2D eigenvalue weighted by molar-refractivity contribution is 6.46. The maximum Gasteiger partial charge on any atom is 0.295 e. The van der Waals surface area contributed by atoms with E-state index in [4.69, 9.17) is 9.15 Å². The van der Waals surface area contributed by atoms with Gasteiger partial charge < -0.3 is 24.1 Å². The van der Waals surface area contributed by atoms with Crippen molar-refractivity contribution in [2.75, 3.05) is 33.3 Å². The molecule has 3 rings (SSSR count). The number of carbonyl (C=O) groups is 2. The second kappa shape index (κ2) is 9.17. The van der Waals surface area contributed by atoms with Crippen molar-refractivity contribution in [3.63, 3.8) is 0 Å². The molecule has 0 bridgehead atoms. The van der Waals surface area contributed by atoms with Crippen molar-refractivity contribution in [2.45, 2.75) is 26.8 Å². The summed E-state index contributed by atoms with van der Waals surface area (Å²) in [6, 6.07) is 9.46. The minimum absolute atomic E-state index is 0.0408. The van der Waals surface area contributed by atoms with E-state index < -0.39 is 17.7 Å². The number of rotatable bonds is 8. The Balaban J connectivity index is 2.05. The Bertz CT molecular complexity index is 941. The van der Waals surface area contributed by atoms with Gasteiger partial charge in [-0.2, -0.15) is 0 Å². The average molecular weight is 412 g/mol. The first kappa shape index (κ1) is 21.6. The molecule has 0 saturated carbocycles. The van der Waals surface area contributed by atoms with Gasteiger partial charge in [-0.3, -0.25) is 9.59 Å². The molecule has 1 aromatic heterocycles. The Morgan fingerprint density at radius 2 is 1.80 bits per heavy atom. The zero-order chi connectivity index (χ0) is 21.8. The van der Waals surface area contributed by atoms with Crippen LogP contribution in [0.1, 0.15) is 37.0 Å². The predicted molar refractivity (Wildman–Crippen MR) is 113 cm³/mol. The number of aliphatic hydroxyl groups is 1. The van der Waals surface area contributed by atoms with E-state index in [0.717, 1.165) is 13.1 Å². The van der Waals surface area contributed by atoms with Gasteiger partial charge in [0.15, 0.2) is 0 Å². The van der Waals surface area contributed by atoms with Gasteiger partial charge in [-0.25, -0.2) is 0 Å². The van der Waals surface area contributed by atoms with Crippen LogP contribution in [0.5, 0.6) is 5.75 Å². The Kier molecular flexibility index (Phi) is 6.62. The number of hydrogen-bond acceptors (Lipinski definition) is 6. The van der Waals surface area contributed by atoms with E-state index in [1.165, 1.54) is 4.90 Å². The maximum atomic E-state index is 12.9. The highest BCUT2D eigenvalue weighted by atomic mass is 16.5. The monoisotopic (exact) mass is 412 g/mol. The molecule has 1 N–H and O–H groups in total. The number of methoxy groups -OCH3 is 1. The first-order valence-electron chi connectivity index (χ1n) is 10.1. The molecule has 2 heterocycles. The minimum Gasteiger partial charge on any atom is -0.507 e. The lowest BCUT2D eigenvalue weighted by Crippen LogP contribution is -2.37. The van der Waals surface area contributed by atoms with Crippen LogP contribution in [0.2, 0.25) is 0 Å². The van der Waals surface area contributed by atoms with E-state index in [-0.39, 0.29) is 11.3 Å². The molecule has 1 amide bonds. The zero-order valence-electron chi connectivity index (χ0n) is 17.8. The van der Waals surface area contributed by atoms with Crippen LogP contribution in [0.15, 0.2) is 46.4 Å². The smallest absolute Gasteiger partial charge is 0.295 e. The van der Waals surface area contributed by atoms with E-state index in [9.17, 15) is 14.7 Å². The van der Waals surface area contributed by atoms with Crippen molar-refractivity contribution in [3.05, 3.63) is 59.1 Å². The topological polar surface area (TPSA) is 83.2 Å². The lowest BCUT2D eigenvalue weighted by molar-refractivity contribution is -0.140. The van der Waals surface area contributed by atoms with Gasteiger partial charge in [0.05, 0.1) is 12.7 Å². The van der Waals surface area contributed by atoms with E-state index in [1.54, 1.807) is 50.4 Å². The molecule has 7 nitrogen and oxygen atoms in total. The summed E-state index contributed by atoms with van der Waals surface area (Å²) in [5, 5.41) is 11.0. The number of likely N-dealkylation sites (tertiary alicyclic amines) is 1. The standard InChI is InChI=1S/C23H28N2O5/c1-5-24(6-2)13-14-25-20(18-12-7-15(3)30-18)19(22(27)23(25)28)21(26)16-8-10-17(29-4)11-9-16/h7-12,20,26H,5-6,13-14H2,1-4H3/t20-/m0/s1. The van der Waals surface area contributed by atoms with Crippen LogP contribution in [0.25, 0.3) is 5.76 Å². The van der Waals surface area contributed by atoms with Crippen molar-refractivity contribution in [3.8, 4) is 5.75 Å². The molecule has 0 aliphatic carbocycles. The number of aryl methyl sites for hydroxylation is 1. The fraction of sp³-hybridized carbons (Fsp3) is 0.391. The van der Waals surface area contributed by atoms with Gasteiger partial charge in [0.25, 0.3) is 11.7 Å². The number of benzene rings is 1. The molecule has 160 valence electrons. The lowest BCUT2D eigenvalue weighted by Gasteiger charge is -2.26. The number of hydrogen-bond donors (Lipinski definition) is 1. The highest BCUT2D eigenvalue weighted by Crippen LogP contribution is 2.40. The summed E-state index contributed by atoms with van der Waals surface area (Å²) in [6.45, 7) is 8.57. The third-order valence-corrected chi connectivity index (χ3v) is 5.49. The number of aliphatic hydroxyl groups excluding tert-OH is 1. The van der Waals surface area contributed by atoms with Gasteiger partial charge in [0.2, 0.25) is 0 Å². The summed E-state index contributed by atoms with van der Waals surface area (Å²) in [6.07, 6.45) is 0. The summed E-state index contributed by atoms with van der Waals surface area (Å²) in [5.41, 5.74) is 0.477. The number of ether oxygens (including phenoxy) is 1. The normalized spacial score (nSPS) is 18.4. The van der Waals surface area contributed by atoms with Crippen molar-refractivity contribution >= 4 is 17.4 Å². The third-order valence-electron chi connectivity index (χ3n) is 5.49. The van der Waals surface area contributed by atoms with E-state index in [0.29, 0.717) is 35.9 Å². The number of furan rings is 1. The molecule has 1 saturated heterocycles. The number of likely N-dealkylation sites (N-methyl/N-ethyl adjacent to an activating group) is 1. The zero-order valence-corrected chi connectivity index (χ0v) is 17.8. The first-order chi connectivity index (χ1) is 14.4. The van der Waals surface area contributed by atoms with Crippen LogP contribution < -0.4 is 4.74 Å². The molecule has 1 aliphatic heterocycles. The van der Waals surface area contributed by atoms with Gasteiger partial charge >= 0.3 is 0 Å². The fourth-order valence-electron chi connectivity index (χ4n) is 3.70. The van der Waals surface area contributed by atoms with Gasteiger partial charge in [-0.1, -0.05) is 13.8 Å². The molecule has 0 unspecified atom stereocenters. The molecule has 1 aromatic carbocycles. The summed E-state index contributed by atoms with van der Waals surface area (Å²) in [5.74, 6) is 0.202. The molecule has 7 heteroatoms. The molecule has 2 aromatic rings. The van der Waals surface area contributed by atoms with Gasteiger partial charge in [0, 0.05) is 18.7 Å². The quantitative estimate of drug-likeness (QED) is 0.407. The highest BCUT2D eigenvalue weighted by Gasteiger charge is 2.47. The van der Waals surface area contributed by atoms with Crippen LogP contribution in [-0.2, 0) is 9.59 Å². The van der Waals surface area contributed by atoms with Crippen LogP contribution in [0.4, 0.5) is 0 Å². The van der Waals surface area contributed by atoms with Crippen molar-refractivity contribution < 1.29 is 23.8 Å². The Hall–Kier alpha value is -3.06. The van der Waals surface area contributed by atoms with Gasteiger partial charge in [0.1, 0.15) is 29.1 Å². The number of carbonyl (C=O) groups excluding carboxylic acids is 2. The molecular weight excluding hydrogens is 384 g/mol. The Labute approximate surface area is 176 Å². The fourth-order valence-corrected chi connectivity index (χ4v) is 3.70.